The molecule has 2 rings (SSSR count). The molecule has 1 aromatic carbocycles. The summed E-state index contributed by atoms with van der Waals surface area (Å²) < 4.78 is 42.3. The van der Waals surface area contributed by atoms with Crippen LogP contribution in [0.15, 0.2) is 24.3 Å². The van der Waals surface area contributed by atoms with Crippen molar-refractivity contribution < 1.29 is 23.0 Å². The Morgan fingerprint density at radius 1 is 1.35 bits per heavy atom. The van der Waals surface area contributed by atoms with Gasteiger partial charge in [-0.15, -0.1) is 0 Å². The summed E-state index contributed by atoms with van der Waals surface area (Å²) in [6.45, 7) is 0.0588. The molecule has 5 heteroatoms. The van der Waals surface area contributed by atoms with E-state index in [2.05, 4.69) is 0 Å². The molecule has 1 fully saturated rings. The normalized spacial score (nSPS) is 23.8. The summed E-state index contributed by atoms with van der Waals surface area (Å²) in [6, 6.07) is 5.41. The second-order valence-corrected chi connectivity index (χ2v) is 4.23. The molecule has 0 unspecified atom stereocenters. The fourth-order valence-electron chi connectivity index (χ4n) is 1.99. The van der Waals surface area contributed by atoms with Gasteiger partial charge >= 0.3 is 6.18 Å². The molecule has 0 heterocycles. The molecule has 17 heavy (non-hydrogen) atoms. The summed E-state index contributed by atoms with van der Waals surface area (Å²) in [5.74, 6) is 0.356. The third-order valence-corrected chi connectivity index (χ3v) is 2.99. The van der Waals surface area contributed by atoms with Crippen molar-refractivity contribution in [1.82, 2.24) is 0 Å². The van der Waals surface area contributed by atoms with Gasteiger partial charge in [0.1, 0.15) is 6.79 Å². The van der Waals surface area contributed by atoms with Crippen molar-refractivity contribution in [2.24, 2.45) is 5.92 Å². The molecule has 1 N–H and O–H groups in total. The van der Waals surface area contributed by atoms with Gasteiger partial charge in [0.15, 0.2) is 0 Å². The lowest BCUT2D eigenvalue weighted by Crippen LogP contribution is -2.05. The number of hydrogen-bond donors (Lipinski definition) is 1. The van der Waals surface area contributed by atoms with E-state index in [1.54, 1.807) is 6.07 Å². The summed E-state index contributed by atoms with van der Waals surface area (Å²) in [4.78, 5) is 0. The van der Waals surface area contributed by atoms with Crippen molar-refractivity contribution in [3.63, 3.8) is 0 Å². The van der Waals surface area contributed by atoms with Gasteiger partial charge in [0.05, 0.1) is 12.2 Å². The monoisotopic (exact) mass is 246 g/mol. The maximum atomic E-state index is 12.5. The van der Waals surface area contributed by atoms with Gasteiger partial charge < -0.3 is 9.84 Å². The zero-order valence-electron chi connectivity index (χ0n) is 9.07. The van der Waals surface area contributed by atoms with Crippen LogP contribution in [0, 0.1) is 5.92 Å². The van der Waals surface area contributed by atoms with E-state index in [9.17, 15) is 13.2 Å². The van der Waals surface area contributed by atoms with Crippen LogP contribution in [0.3, 0.4) is 0 Å². The molecule has 1 aromatic rings. The zero-order valence-corrected chi connectivity index (χ0v) is 9.07. The van der Waals surface area contributed by atoms with Crippen molar-refractivity contribution in [2.45, 2.75) is 18.5 Å². The highest BCUT2D eigenvalue weighted by Crippen LogP contribution is 2.48. The van der Waals surface area contributed by atoms with Gasteiger partial charge in [-0.1, -0.05) is 18.2 Å². The van der Waals surface area contributed by atoms with E-state index in [1.165, 1.54) is 12.1 Å². The van der Waals surface area contributed by atoms with Gasteiger partial charge in [-0.05, 0) is 29.9 Å². The molecule has 0 aliphatic heterocycles. The third-order valence-electron chi connectivity index (χ3n) is 2.99. The number of halogens is 3. The van der Waals surface area contributed by atoms with Crippen molar-refractivity contribution in [1.29, 1.82) is 0 Å². The third kappa shape index (κ3) is 2.98. The average Bonchev–Trinajstić information content (AvgIpc) is 3.05. The van der Waals surface area contributed by atoms with Crippen molar-refractivity contribution in [2.75, 3.05) is 13.4 Å². The molecule has 2 atom stereocenters. The van der Waals surface area contributed by atoms with Crippen LogP contribution < -0.4 is 0 Å². The Morgan fingerprint density at radius 3 is 2.76 bits per heavy atom. The van der Waals surface area contributed by atoms with E-state index in [-0.39, 0.29) is 18.6 Å². The van der Waals surface area contributed by atoms with Crippen LogP contribution in [0.25, 0.3) is 0 Å². The Bertz CT molecular complexity index is 390. The number of ether oxygens (including phenoxy) is 1. The Balaban J connectivity index is 2.04. The molecular formula is C12H13F3O2. The predicted molar refractivity (Wildman–Crippen MR) is 55.3 cm³/mol. The van der Waals surface area contributed by atoms with Crippen molar-refractivity contribution >= 4 is 0 Å². The summed E-state index contributed by atoms with van der Waals surface area (Å²) in [5, 5.41) is 8.48. The number of alkyl halides is 3. The fraction of sp³-hybridized carbons (Fsp3) is 0.500. The molecule has 2 nitrogen and oxygen atoms in total. The van der Waals surface area contributed by atoms with Crippen LogP contribution in [0.4, 0.5) is 13.2 Å². The molecule has 1 aliphatic carbocycles. The molecule has 94 valence electrons. The topological polar surface area (TPSA) is 29.5 Å². The van der Waals surface area contributed by atoms with Crippen LogP contribution in [0.5, 0.6) is 0 Å². The van der Waals surface area contributed by atoms with E-state index in [1.807, 2.05) is 0 Å². The lowest BCUT2D eigenvalue weighted by atomic mass is 10.1. The number of aliphatic hydroxyl groups excluding tert-OH is 1. The standard InChI is InChI=1S/C12H13F3O2/c13-12(14,15)10-3-1-2-8(4-10)11-5-9(11)6-17-7-16/h1-4,9,11,16H,5-7H2/t9-,11+/m0/s1. The number of aliphatic hydroxyl groups is 1. The largest absolute Gasteiger partial charge is 0.416 e. The van der Waals surface area contributed by atoms with Gasteiger partial charge in [-0.3, -0.25) is 0 Å². The van der Waals surface area contributed by atoms with Gasteiger partial charge in [-0.2, -0.15) is 13.2 Å². The van der Waals surface area contributed by atoms with Crippen LogP contribution in [-0.4, -0.2) is 18.5 Å². The first kappa shape index (κ1) is 12.4. The van der Waals surface area contributed by atoms with Crippen LogP contribution >= 0.6 is 0 Å². The Morgan fingerprint density at radius 2 is 2.12 bits per heavy atom. The summed E-state index contributed by atoms with van der Waals surface area (Å²) in [5.41, 5.74) is 0.0927. The first-order valence-corrected chi connectivity index (χ1v) is 5.38. The maximum Gasteiger partial charge on any atom is 0.416 e. The Kier molecular flexibility index (Phi) is 3.40. The smallest absolute Gasteiger partial charge is 0.371 e. The quantitative estimate of drug-likeness (QED) is 0.828. The fourth-order valence-corrected chi connectivity index (χ4v) is 1.99. The molecule has 1 saturated carbocycles. The van der Waals surface area contributed by atoms with Crippen molar-refractivity contribution in [3.8, 4) is 0 Å². The second kappa shape index (κ2) is 4.66. The van der Waals surface area contributed by atoms with Gasteiger partial charge in [-0.25, -0.2) is 0 Å². The van der Waals surface area contributed by atoms with E-state index in [0.717, 1.165) is 12.5 Å². The molecule has 0 saturated heterocycles. The zero-order chi connectivity index (χ0) is 12.5. The molecule has 0 radical (unpaired) electrons. The lowest BCUT2D eigenvalue weighted by Gasteiger charge is -2.08. The average molecular weight is 246 g/mol. The lowest BCUT2D eigenvalue weighted by molar-refractivity contribution is -0.137. The van der Waals surface area contributed by atoms with E-state index >= 15 is 0 Å². The van der Waals surface area contributed by atoms with Crippen LogP contribution in [-0.2, 0) is 10.9 Å². The number of rotatable bonds is 4. The summed E-state index contributed by atoms with van der Waals surface area (Å²) >= 11 is 0. The highest BCUT2D eigenvalue weighted by molar-refractivity contribution is 5.31. The minimum Gasteiger partial charge on any atom is -0.371 e. The summed E-state index contributed by atoms with van der Waals surface area (Å²) in [6.07, 6.45) is -3.47. The number of benzene rings is 1. The van der Waals surface area contributed by atoms with E-state index in [0.29, 0.717) is 12.2 Å². The minimum atomic E-state index is -4.29. The Hall–Kier alpha value is -1.07. The molecule has 0 spiro atoms. The number of hydrogen-bond acceptors (Lipinski definition) is 2. The van der Waals surface area contributed by atoms with Gasteiger partial charge in [0.2, 0.25) is 0 Å². The SMILES string of the molecule is OCOC[C@@H]1C[C@@H]1c1cccc(C(F)(F)F)c1. The highest BCUT2D eigenvalue weighted by atomic mass is 19.4. The molecule has 1 aliphatic rings. The van der Waals surface area contributed by atoms with E-state index < -0.39 is 11.7 Å². The molecule has 0 amide bonds. The van der Waals surface area contributed by atoms with Gasteiger partial charge in [0.25, 0.3) is 0 Å². The Labute approximate surface area is 97.0 Å². The predicted octanol–water partition coefficient (Wildman–Crippen LogP) is 2.78. The molecular weight excluding hydrogens is 233 g/mol. The van der Waals surface area contributed by atoms with E-state index in [4.69, 9.17) is 9.84 Å². The van der Waals surface area contributed by atoms with Crippen LogP contribution in [0.2, 0.25) is 0 Å². The minimum absolute atomic E-state index is 0.129. The highest BCUT2D eigenvalue weighted by Gasteiger charge is 2.39. The van der Waals surface area contributed by atoms with Crippen LogP contribution in [0.1, 0.15) is 23.5 Å². The molecule has 0 bridgehead atoms. The van der Waals surface area contributed by atoms with Gasteiger partial charge in [0, 0.05) is 0 Å². The maximum absolute atomic E-state index is 12.5. The molecule has 0 aromatic heterocycles. The second-order valence-electron chi connectivity index (χ2n) is 4.23. The first-order chi connectivity index (χ1) is 8.02. The summed E-state index contributed by atoms with van der Waals surface area (Å²) in [7, 11) is 0. The van der Waals surface area contributed by atoms with Crippen molar-refractivity contribution in [3.05, 3.63) is 35.4 Å². The first-order valence-electron chi connectivity index (χ1n) is 5.38.